The number of hydrogen-bond acceptors (Lipinski definition) is 5. The van der Waals surface area contributed by atoms with E-state index in [1.165, 1.54) is 11.8 Å². The van der Waals surface area contributed by atoms with Crippen LogP contribution in [-0.4, -0.2) is 40.3 Å². The summed E-state index contributed by atoms with van der Waals surface area (Å²) in [6.45, 7) is 6.70. The molecular formula is C11H17F3N4S. The molecule has 8 heteroatoms. The molecule has 1 heterocycles. The average molecular weight is 294 g/mol. The minimum atomic E-state index is -4.49. The predicted molar refractivity (Wildman–Crippen MR) is 70.0 cm³/mol. The Labute approximate surface area is 114 Å². The normalized spacial score (nSPS) is 12.1. The Balaban J connectivity index is 2.66. The molecule has 0 amide bonds. The van der Waals surface area contributed by atoms with Crippen molar-refractivity contribution in [2.75, 3.05) is 31.1 Å². The summed E-state index contributed by atoms with van der Waals surface area (Å²) in [5.74, 6) is 0.315. The highest BCUT2D eigenvalue weighted by atomic mass is 32.2. The van der Waals surface area contributed by atoms with Gasteiger partial charge in [-0.05, 0) is 13.1 Å². The van der Waals surface area contributed by atoms with Crippen molar-refractivity contribution in [3.63, 3.8) is 0 Å². The summed E-state index contributed by atoms with van der Waals surface area (Å²) in [6, 6.07) is 0.934. The molecule has 0 saturated carbocycles. The molecule has 0 radical (unpaired) electrons. The number of nitrogen functional groups attached to an aromatic ring is 1. The van der Waals surface area contributed by atoms with Crippen LogP contribution in [0.3, 0.4) is 0 Å². The van der Waals surface area contributed by atoms with Gasteiger partial charge in [0.2, 0.25) is 5.95 Å². The highest BCUT2D eigenvalue weighted by molar-refractivity contribution is 7.99. The molecule has 0 aliphatic heterocycles. The molecule has 108 valence electrons. The molecule has 0 aliphatic rings. The van der Waals surface area contributed by atoms with Gasteiger partial charge in [-0.2, -0.15) is 13.2 Å². The fourth-order valence-electron chi connectivity index (χ4n) is 1.48. The summed E-state index contributed by atoms with van der Waals surface area (Å²) in [7, 11) is 0. The van der Waals surface area contributed by atoms with Crippen LogP contribution in [0.2, 0.25) is 0 Å². The van der Waals surface area contributed by atoms with Gasteiger partial charge in [0.1, 0.15) is 5.03 Å². The van der Waals surface area contributed by atoms with Crippen molar-refractivity contribution in [2.24, 2.45) is 0 Å². The molecule has 0 fully saturated rings. The largest absolute Gasteiger partial charge is 0.433 e. The number of anilines is 1. The third-order valence-corrected chi connectivity index (χ3v) is 3.45. The molecule has 0 atom stereocenters. The minimum Gasteiger partial charge on any atom is -0.368 e. The second-order valence-electron chi connectivity index (χ2n) is 3.82. The lowest BCUT2D eigenvalue weighted by atomic mass is 10.4. The molecule has 2 N–H and O–H groups in total. The second kappa shape index (κ2) is 6.95. The first kappa shape index (κ1) is 16.0. The highest BCUT2D eigenvalue weighted by Crippen LogP contribution is 2.30. The maximum atomic E-state index is 12.5. The summed E-state index contributed by atoms with van der Waals surface area (Å²) in [6.07, 6.45) is -4.49. The van der Waals surface area contributed by atoms with Crippen LogP contribution in [0.1, 0.15) is 19.5 Å². The van der Waals surface area contributed by atoms with E-state index < -0.39 is 11.9 Å². The van der Waals surface area contributed by atoms with Gasteiger partial charge in [0.05, 0.1) is 0 Å². The lowest BCUT2D eigenvalue weighted by Gasteiger charge is -2.17. The third kappa shape index (κ3) is 5.23. The van der Waals surface area contributed by atoms with Crippen molar-refractivity contribution in [2.45, 2.75) is 25.0 Å². The number of thioether (sulfide) groups is 1. The maximum Gasteiger partial charge on any atom is 0.433 e. The van der Waals surface area contributed by atoms with Crippen LogP contribution in [0, 0.1) is 0 Å². The van der Waals surface area contributed by atoms with Crippen molar-refractivity contribution in [1.82, 2.24) is 14.9 Å². The Hall–Kier alpha value is -1.02. The Kier molecular flexibility index (Phi) is 5.86. The Morgan fingerprint density at radius 3 is 2.42 bits per heavy atom. The van der Waals surface area contributed by atoms with E-state index in [1.807, 2.05) is 13.8 Å². The first-order valence-corrected chi connectivity index (χ1v) is 6.92. The van der Waals surface area contributed by atoms with Gasteiger partial charge >= 0.3 is 6.18 Å². The lowest BCUT2D eigenvalue weighted by molar-refractivity contribution is -0.141. The molecule has 0 aromatic carbocycles. The van der Waals surface area contributed by atoms with Gasteiger partial charge in [-0.1, -0.05) is 13.8 Å². The van der Waals surface area contributed by atoms with Crippen molar-refractivity contribution in [3.05, 3.63) is 11.8 Å². The standard InChI is InChI=1S/C11H17F3N4S/c1-3-18(4-2)5-6-19-9-7-8(11(12,13)14)16-10(15)17-9/h7H,3-6H2,1-2H3,(H2,15,16,17). The Morgan fingerprint density at radius 2 is 1.89 bits per heavy atom. The van der Waals surface area contributed by atoms with Gasteiger partial charge in [0.15, 0.2) is 5.69 Å². The van der Waals surface area contributed by atoms with E-state index in [2.05, 4.69) is 14.9 Å². The number of alkyl halides is 3. The molecule has 0 saturated heterocycles. The SMILES string of the molecule is CCN(CC)CCSc1cc(C(F)(F)F)nc(N)n1. The van der Waals surface area contributed by atoms with E-state index in [-0.39, 0.29) is 11.0 Å². The van der Waals surface area contributed by atoms with E-state index in [9.17, 15) is 13.2 Å². The smallest absolute Gasteiger partial charge is 0.368 e. The summed E-state index contributed by atoms with van der Waals surface area (Å²) in [4.78, 5) is 9.19. The van der Waals surface area contributed by atoms with Crippen LogP contribution in [0.5, 0.6) is 0 Å². The number of aromatic nitrogens is 2. The van der Waals surface area contributed by atoms with Crippen LogP contribution < -0.4 is 5.73 Å². The van der Waals surface area contributed by atoms with Crippen LogP contribution in [0.25, 0.3) is 0 Å². The van der Waals surface area contributed by atoms with Crippen molar-refractivity contribution in [1.29, 1.82) is 0 Å². The molecule has 4 nitrogen and oxygen atoms in total. The summed E-state index contributed by atoms with van der Waals surface area (Å²) in [5, 5.41) is 0.256. The van der Waals surface area contributed by atoms with Crippen LogP contribution >= 0.6 is 11.8 Å². The zero-order valence-electron chi connectivity index (χ0n) is 10.9. The summed E-state index contributed by atoms with van der Waals surface area (Å²) in [5.41, 5.74) is 4.30. The monoisotopic (exact) mass is 294 g/mol. The van der Waals surface area contributed by atoms with E-state index in [0.717, 1.165) is 25.7 Å². The van der Waals surface area contributed by atoms with Crippen molar-refractivity contribution in [3.8, 4) is 0 Å². The zero-order chi connectivity index (χ0) is 14.5. The number of halogens is 3. The quantitative estimate of drug-likeness (QED) is 0.645. The fraction of sp³-hybridized carbons (Fsp3) is 0.636. The summed E-state index contributed by atoms with van der Waals surface area (Å²) >= 11 is 1.25. The number of nitrogens with zero attached hydrogens (tertiary/aromatic N) is 3. The lowest BCUT2D eigenvalue weighted by Crippen LogP contribution is -2.25. The van der Waals surface area contributed by atoms with E-state index in [1.54, 1.807) is 0 Å². The first-order valence-electron chi connectivity index (χ1n) is 5.93. The molecule has 0 bridgehead atoms. The van der Waals surface area contributed by atoms with E-state index in [0.29, 0.717) is 5.75 Å². The third-order valence-electron chi connectivity index (χ3n) is 2.56. The average Bonchev–Trinajstić information content (AvgIpc) is 2.33. The van der Waals surface area contributed by atoms with E-state index >= 15 is 0 Å². The maximum absolute atomic E-state index is 12.5. The fourth-order valence-corrected chi connectivity index (χ4v) is 2.39. The molecule has 1 aromatic rings. The van der Waals surface area contributed by atoms with Gasteiger partial charge in [0, 0.05) is 18.4 Å². The molecule has 19 heavy (non-hydrogen) atoms. The molecular weight excluding hydrogens is 277 g/mol. The first-order chi connectivity index (χ1) is 8.86. The highest BCUT2D eigenvalue weighted by Gasteiger charge is 2.33. The topological polar surface area (TPSA) is 55.0 Å². The molecule has 0 unspecified atom stereocenters. The Bertz CT molecular complexity index is 407. The molecule has 1 aromatic heterocycles. The second-order valence-corrected chi connectivity index (χ2v) is 4.94. The van der Waals surface area contributed by atoms with Crippen molar-refractivity contribution < 1.29 is 13.2 Å². The van der Waals surface area contributed by atoms with Crippen molar-refractivity contribution >= 4 is 17.7 Å². The Morgan fingerprint density at radius 1 is 1.26 bits per heavy atom. The number of nitrogens with two attached hydrogens (primary N) is 1. The minimum absolute atomic E-state index is 0.256. The van der Waals surface area contributed by atoms with Gasteiger partial charge < -0.3 is 10.6 Å². The van der Waals surface area contributed by atoms with Crippen LogP contribution in [0.4, 0.5) is 19.1 Å². The van der Waals surface area contributed by atoms with Gasteiger partial charge in [-0.15, -0.1) is 11.8 Å². The predicted octanol–water partition coefficient (Wildman–Crippen LogP) is 2.51. The van der Waals surface area contributed by atoms with Gasteiger partial charge in [-0.3, -0.25) is 0 Å². The van der Waals surface area contributed by atoms with Crippen LogP contribution in [-0.2, 0) is 6.18 Å². The number of rotatable bonds is 6. The van der Waals surface area contributed by atoms with Gasteiger partial charge in [-0.25, -0.2) is 9.97 Å². The molecule has 1 rings (SSSR count). The summed E-state index contributed by atoms with van der Waals surface area (Å²) < 4.78 is 37.6. The number of hydrogen-bond donors (Lipinski definition) is 1. The van der Waals surface area contributed by atoms with Gasteiger partial charge in [0.25, 0.3) is 0 Å². The molecule has 0 aliphatic carbocycles. The molecule has 0 spiro atoms. The zero-order valence-corrected chi connectivity index (χ0v) is 11.7. The van der Waals surface area contributed by atoms with E-state index in [4.69, 9.17) is 5.73 Å². The van der Waals surface area contributed by atoms with Crippen LogP contribution in [0.15, 0.2) is 11.1 Å².